The molecule has 0 aromatic carbocycles. The molecule has 0 aliphatic heterocycles. The highest BCUT2D eigenvalue weighted by atomic mass is 31.2. The first-order valence-corrected chi connectivity index (χ1v) is 6.44. The molecule has 0 rings (SSSR count). The summed E-state index contributed by atoms with van der Waals surface area (Å²) < 4.78 is 26.4. The van der Waals surface area contributed by atoms with Gasteiger partial charge >= 0.3 is 13.6 Å². The van der Waals surface area contributed by atoms with Crippen LogP contribution < -0.4 is 5.73 Å². The molecule has 0 radical (unpaired) electrons. The van der Waals surface area contributed by atoms with E-state index in [2.05, 4.69) is 4.74 Å². The van der Waals surface area contributed by atoms with Crippen molar-refractivity contribution in [3.63, 3.8) is 0 Å². The van der Waals surface area contributed by atoms with E-state index in [4.69, 9.17) is 14.8 Å². The first kappa shape index (κ1) is 14.6. The van der Waals surface area contributed by atoms with Gasteiger partial charge in [-0.25, -0.2) is 4.79 Å². The molecule has 15 heavy (non-hydrogen) atoms. The van der Waals surface area contributed by atoms with Crippen LogP contribution in [0.1, 0.15) is 20.8 Å². The Hall–Kier alpha value is -0.420. The number of nitrogens with two attached hydrogens (primary N) is 1. The van der Waals surface area contributed by atoms with Crippen LogP contribution in [0.25, 0.3) is 0 Å². The van der Waals surface area contributed by atoms with E-state index in [9.17, 15) is 9.36 Å². The Labute approximate surface area is 89.6 Å². The van der Waals surface area contributed by atoms with Gasteiger partial charge in [0.25, 0.3) is 0 Å². The normalized spacial score (nSPS) is 13.6. The van der Waals surface area contributed by atoms with E-state index in [1.54, 1.807) is 20.8 Å². The third-order valence-electron chi connectivity index (χ3n) is 1.49. The molecule has 6 nitrogen and oxygen atoms in total. The van der Waals surface area contributed by atoms with Crippen LogP contribution in [0.2, 0.25) is 0 Å². The minimum atomic E-state index is -3.59. The van der Waals surface area contributed by atoms with Gasteiger partial charge < -0.3 is 19.5 Å². The molecule has 0 aliphatic rings. The van der Waals surface area contributed by atoms with Gasteiger partial charge in [0.1, 0.15) is 0 Å². The molecule has 0 heterocycles. The molecule has 0 fully saturated rings. The smallest absolute Gasteiger partial charge is 0.358 e. The van der Waals surface area contributed by atoms with Crippen molar-refractivity contribution in [3.05, 3.63) is 0 Å². The van der Waals surface area contributed by atoms with Crippen molar-refractivity contribution in [2.45, 2.75) is 26.6 Å². The summed E-state index contributed by atoms with van der Waals surface area (Å²) in [7, 11) is -3.59. The second kappa shape index (κ2) is 6.95. The first-order chi connectivity index (χ1) is 7.01. The first-order valence-electron chi connectivity index (χ1n) is 4.82. The summed E-state index contributed by atoms with van der Waals surface area (Å²) >= 11 is 0. The molecular formula is C8H18NO5P. The Bertz CT molecular complexity index is 235. The van der Waals surface area contributed by atoms with Crippen molar-refractivity contribution in [2.75, 3.05) is 19.8 Å². The highest BCUT2D eigenvalue weighted by Gasteiger charge is 2.39. The molecule has 0 aliphatic carbocycles. The fourth-order valence-electron chi connectivity index (χ4n) is 0.914. The Balaban J connectivity index is 4.60. The maximum Gasteiger partial charge on any atom is 0.358 e. The molecule has 90 valence electrons. The summed E-state index contributed by atoms with van der Waals surface area (Å²) in [5, 5.41) is 0. The van der Waals surface area contributed by atoms with Crippen LogP contribution in [0.4, 0.5) is 0 Å². The number of carbonyl (C=O) groups is 1. The molecule has 0 aromatic rings. The van der Waals surface area contributed by atoms with Gasteiger partial charge in [0, 0.05) is 0 Å². The summed E-state index contributed by atoms with van der Waals surface area (Å²) in [6.07, 6.45) is 0. The van der Waals surface area contributed by atoms with E-state index in [0.717, 1.165) is 0 Å². The van der Waals surface area contributed by atoms with Gasteiger partial charge in [0.15, 0.2) is 0 Å². The topological polar surface area (TPSA) is 87.9 Å². The van der Waals surface area contributed by atoms with Gasteiger partial charge in [0.05, 0.1) is 19.8 Å². The Morgan fingerprint density at radius 2 is 1.67 bits per heavy atom. The largest absolute Gasteiger partial charge is 0.464 e. The zero-order valence-corrected chi connectivity index (χ0v) is 10.2. The average molecular weight is 239 g/mol. The molecule has 0 spiro atoms. The molecule has 0 bridgehead atoms. The maximum absolute atomic E-state index is 12.0. The van der Waals surface area contributed by atoms with E-state index >= 15 is 0 Å². The van der Waals surface area contributed by atoms with Crippen molar-refractivity contribution in [1.29, 1.82) is 0 Å². The zero-order valence-electron chi connectivity index (χ0n) is 9.26. The van der Waals surface area contributed by atoms with Gasteiger partial charge in [0.2, 0.25) is 5.78 Å². The lowest BCUT2D eigenvalue weighted by atomic mass is 10.7. The van der Waals surface area contributed by atoms with Crippen molar-refractivity contribution in [1.82, 2.24) is 0 Å². The molecule has 2 N–H and O–H groups in total. The number of ether oxygens (including phenoxy) is 1. The monoisotopic (exact) mass is 239 g/mol. The van der Waals surface area contributed by atoms with Crippen molar-refractivity contribution >= 4 is 13.6 Å². The van der Waals surface area contributed by atoms with Gasteiger partial charge in [-0.2, -0.15) is 0 Å². The minimum absolute atomic E-state index is 0.157. The van der Waals surface area contributed by atoms with Crippen LogP contribution in [0.3, 0.4) is 0 Å². The van der Waals surface area contributed by atoms with Crippen LogP contribution in [-0.2, 0) is 23.1 Å². The van der Waals surface area contributed by atoms with E-state index in [1.165, 1.54) is 0 Å². The quantitative estimate of drug-likeness (QED) is 0.528. The van der Waals surface area contributed by atoms with E-state index < -0.39 is 19.3 Å². The lowest BCUT2D eigenvalue weighted by Gasteiger charge is -2.21. The number of esters is 1. The fraction of sp³-hybridized carbons (Fsp3) is 0.875. The van der Waals surface area contributed by atoms with Gasteiger partial charge in [-0.15, -0.1) is 0 Å². The Morgan fingerprint density at radius 1 is 1.20 bits per heavy atom. The molecule has 0 saturated heterocycles. The van der Waals surface area contributed by atoms with Gasteiger partial charge in [-0.3, -0.25) is 4.57 Å². The number of hydrogen-bond acceptors (Lipinski definition) is 6. The van der Waals surface area contributed by atoms with Gasteiger partial charge in [-0.1, -0.05) is 0 Å². The fourth-order valence-corrected chi connectivity index (χ4v) is 2.36. The van der Waals surface area contributed by atoms with Crippen molar-refractivity contribution < 1.29 is 23.1 Å². The molecule has 0 saturated carbocycles. The summed E-state index contributed by atoms with van der Waals surface area (Å²) in [5.74, 6) is -2.15. The van der Waals surface area contributed by atoms with Crippen molar-refractivity contribution in [2.24, 2.45) is 5.73 Å². The second-order valence-corrected chi connectivity index (χ2v) is 4.72. The summed E-state index contributed by atoms with van der Waals surface area (Å²) in [6.45, 7) is 5.41. The number of carbonyl (C=O) groups excluding carboxylic acids is 1. The maximum atomic E-state index is 12.0. The highest BCUT2D eigenvalue weighted by molar-refractivity contribution is 7.55. The lowest BCUT2D eigenvalue weighted by molar-refractivity contribution is -0.143. The average Bonchev–Trinajstić information content (AvgIpc) is 2.17. The summed E-state index contributed by atoms with van der Waals surface area (Å²) in [6, 6.07) is 0. The van der Waals surface area contributed by atoms with Crippen LogP contribution in [0, 0.1) is 0 Å². The number of rotatable bonds is 7. The molecular weight excluding hydrogens is 221 g/mol. The van der Waals surface area contributed by atoms with Crippen LogP contribution >= 0.6 is 7.60 Å². The minimum Gasteiger partial charge on any atom is -0.464 e. The third-order valence-corrected chi connectivity index (χ3v) is 3.62. The zero-order chi connectivity index (χ0) is 11.9. The van der Waals surface area contributed by atoms with Crippen molar-refractivity contribution in [3.8, 4) is 0 Å². The summed E-state index contributed by atoms with van der Waals surface area (Å²) in [4.78, 5) is 11.3. The number of hydrogen-bond donors (Lipinski definition) is 1. The molecule has 0 aromatic heterocycles. The molecule has 7 heteroatoms. The SMILES string of the molecule is CCOC(=O)C(N)P(=O)(OCC)OCC. The van der Waals surface area contributed by atoms with Crippen LogP contribution in [0.15, 0.2) is 0 Å². The Morgan fingerprint density at radius 3 is 2.00 bits per heavy atom. The Kier molecular flexibility index (Phi) is 6.76. The predicted octanol–water partition coefficient (Wildman–Crippen LogP) is 1.10. The third kappa shape index (κ3) is 4.30. The predicted molar refractivity (Wildman–Crippen MR) is 55.5 cm³/mol. The van der Waals surface area contributed by atoms with Gasteiger partial charge in [-0.05, 0) is 20.8 Å². The van der Waals surface area contributed by atoms with E-state index in [1.807, 2.05) is 0 Å². The van der Waals surface area contributed by atoms with E-state index in [0.29, 0.717) is 0 Å². The molecule has 0 amide bonds. The van der Waals surface area contributed by atoms with Crippen LogP contribution in [0.5, 0.6) is 0 Å². The summed E-state index contributed by atoms with van der Waals surface area (Å²) in [5.41, 5.74) is 5.47. The van der Waals surface area contributed by atoms with E-state index in [-0.39, 0.29) is 19.8 Å². The van der Waals surface area contributed by atoms with Crippen LogP contribution in [-0.4, -0.2) is 31.6 Å². The molecule has 1 atom stereocenters. The standard InChI is InChI=1S/C8H18NO5P/c1-4-12-8(10)7(9)15(11,13-5-2)14-6-3/h7H,4-6,9H2,1-3H3. The highest BCUT2D eigenvalue weighted by Crippen LogP contribution is 2.51. The lowest BCUT2D eigenvalue weighted by Crippen LogP contribution is -2.33. The molecule has 1 unspecified atom stereocenters. The second-order valence-electron chi connectivity index (χ2n) is 2.57.